The Kier molecular flexibility index (Phi) is 5.87. The van der Waals surface area contributed by atoms with Gasteiger partial charge in [0, 0.05) is 31.8 Å². The molecule has 0 unspecified atom stereocenters. The highest BCUT2D eigenvalue weighted by Gasteiger charge is 2.44. The molecule has 1 aromatic heterocycles. The van der Waals surface area contributed by atoms with E-state index in [1.54, 1.807) is 19.5 Å². The number of ether oxygens (including phenoxy) is 3. The number of benzene rings is 1. The molecule has 1 N–H and O–H groups in total. The first-order chi connectivity index (χ1) is 14.5. The molecule has 1 saturated carbocycles. The van der Waals surface area contributed by atoms with Gasteiger partial charge in [0.05, 0.1) is 31.2 Å². The highest BCUT2D eigenvalue weighted by molar-refractivity contribution is 5.93. The lowest BCUT2D eigenvalue weighted by molar-refractivity contribution is -0.138. The number of hydrogen-bond donors (Lipinski definition) is 1. The second-order valence-electron chi connectivity index (χ2n) is 8.15. The standard InChI is InChI=1S/C22H28N4O4/c1-15-10-17(25-20(27)16-11-22(2,12-16)28-3)4-5-19(15)30-18-13-23-21(24-14-18)26-6-8-29-9-7-26/h4-5,10,13-14,16H,6-9,11-12H2,1-3H3,(H,25,27). The molecule has 1 aliphatic heterocycles. The second kappa shape index (κ2) is 8.57. The number of carbonyl (C=O) groups excluding carboxylic acids is 1. The van der Waals surface area contributed by atoms with Gasteiger partial charge in [0.2, 0.25) is 11.9 Å². The van der Waals surface area contributed by atoms with Gasteiger partial charge in [-0.1, -0.05) is 0 Å². The molecular weight excluding hydrogens is 384 g/mol. The van der Waals surface area contributed by atoms with Gasteiger partial charge in [0.1, 0.15) is 5.75 Å². The monoisotopic (exact) mass is 412 g/mol. The third-order valence-corrected chi connectivity index (χ3v) is 5.80. The van der Waals surface area contributed by atoms with Crippen LogP contribution in [0.4, 0.5) is 11.6 Å². The number of hydrogen-bond acceptors (Lipinski definition) is 7. The van der Waals surface area contributed by atoms with Gasteiger partial charge in [-0.25, -0.2) is 9.97 Å². The van der Waals surface area contributed by atoms with Crippen LogP contribution in [-0.4, -0.2) is 54.9 Å². The summed E-state index contributed by atoms with van der Waals surface area (Å²) in [5, 5.41) is 2.99. The number of aryl methyl sites for hydroxylation is 1. The highest BCUT2D eigenvalue weighted by atomic mass is 16.5. The Morgan fingerprint density at radius 2 is 1.93 bits per heavy atom. The summed E-state index contributed by atoms with van der Waals surface area (Å²) in [6, 6.07) is 5.60. The van der Waals surface area contributed by atoms with Crippen LogP contribution in [0.25, 0.3) is 0 Å². The summed E-state index contributed by atoms with van der Waals surface area (Å²) in [7, 11) is 1.69. The molecule has 2 aliphatic rings. The van der Waals surface area contributed by atoms with Gasteiger partial charge in [-0.15, -0.1) is 0 Å². The van der Waals surface area contributed by atoms with E-state index in [9.17, 15) is 4.79 Å². The van der Waals surface area contributed by atoms with E-state index in [0.29, 0.717) is 30.7 Å². The Hall–Kier alpha value is -2.71. The van der Waals surface area contributed by atoms with E-state index >= 15 is 0 Å². The maximum absolute atomic E-state index is 12.4. The molecule has 1 aliphatic carbocycles. The molecular formula is C22H28N4O4. The summed E-state index contributed by atoms with van der Waals surface area (Å²) in [5.41, 5.74) is 1.50. The number of morpholine rings is 1. The third kappa shape index (κ3) is 4.55. The average molecular weight is 412 g/mol. The maximum atomic E-state index is 12.4. The van der Waals surface area contributed by atoms with Crippen molar-refractivity contribution < 1.29 is 19.0 Å². The van der Waals surface area contributed by atoms with Crippen LogP contribution in [0.2, 0.25) is 0 Å². The van der Waals surface area contributed by atoms with E-state index in [2.05, 4.69) is 20.2 Å². The number of aromatic nitrogens is 2. The first-order valence-electron chi connectivity index (χ1n) is 10.2. The van der Waals surface area contributed by atoms with Gasteiger partial charge < -0.3 is 24.4 Å². The number of amides is 1. The molecule has 2 heterocycles. The summed E-state index contributed by atoms with van der Waals surface area (Å²) in [4.78, 5) is 23.3. The Morgan fingerprint density at radius 3 is 2.57 bits per heavy atom. The quantitative estimate of drug-likeness (QED) is 0.780. The number of carbonyl (C=O) groups is 1. The normalized spacial score (nSPS) is 23.6. The predicted octanol–water partition coefficient (Wildman–Crippen LogP) is 3.17. The van der Waals surface area contributed by atoms with Crippen molar-refractivity contribution in [2.24, 2.45) is 5.92 Å². The minimum Gasteiger partial charge on any atom is -0.454 e. The summed E-state index contributed by atoms with van der Waals surface area (Å²) in [6.07, 6.45) is 4.85. The number of nitrogens with one attached hydrogen (secondary N) is 1. The van der Waals surface area contributed by atoms with Crippen LogP contribution < -0.4 is 15.0 Å². The summed E-state index contributed by atoms with van der Waals surface area (Å²) in [5.74, 6) is 1.98. The fourth-order valence-corrected chi connectivity index (χ4v) is 3.84. The molecule has 30 heavy (non-hydrogen) atoms. The zero-order chi connectivity index (χ0) is 21.1. The SMILES string of the molecule is COC1(C)CC(C(=O)Nc2ccc(Oc3cnc(N4CCOCC4)nc3)c(C)c2)C1. The minimum atomic E-state index is -0.172. The maximum Gasteiger partial charge on any atom is 0.227 e. The predicted molar refractivity (Wildman–Crippen MR) is 113 cm³/mol. The van der Waals surface area contributed by atoms with Gasteiger partial charge in [-0.05, 0) is 50.5 Å². The Labute approximate surface area is 176 Å². The van der Waals surface area contributed by atoms with Crippen molar-refractivity contribution in [2.45, 2.75) is 32.3 Å². The highest BCUT2D eigenvalue weighted by Crippen LogP contribution is 2.40. The van der Waals surface area contributed by atoms with Crippen molar-refractivity contribution >= 4 is 17.5 Å². The lowest BCUT2D eigenvalue weighted by atomic mass is 9.71. The molecule has 2 aromatic rings. The van der Waals surface area contributed by atoms with E-state index in [4.69, 9.17) is 14.2 Å². The molecule has 1 amide bonds. The van der Waals surface area contributed by atoms with Crippen LogP contribution in [0.15, 0.2) is 30.6 Å². The van der Waals surface area contributed by atoms with Crippen LogP contribution >= 0.6 is 0 Å². The number of anilines is 2. The smallest absolute Gasteiger partial charge is 0.227 e. The number of rotatable bonds is 6. The van der Waals surface area contributed by atoms with Crippen molar-refractivity contribution in [3.8, 4) is 11.5 Å². The zero-order valence-electron chi connectivity index (χ0n) is 17.7. The molecule has 0 radical (unpaired) electrons. The molecule has 8 nitrogen and oxygen atoms in total. The molecule has 1 saturated heterocycles. The Morgan fingerprint density at radius 1 is 1.23 bits per heavy atom. The molecule has 0 bridgehead atoms. The first kappa shape index (κ1) is 20.6. The molecule has 0 atom stereocenters. The van der Waals surface area contributed by atoms with Crippen molar-refractivity contribution in [1.29, 1.82) is 0 Å². The molecule has 8 heteroatoms. The van der Waals surface area contributed by atoms with Crippen molar-refractivity contribution in [3.63, 3.8) is 0 Å². The van der Waals surface area contributed by atoms with Gasteiger partial charge >= 0.3 is 0 Å². The fourth-order valence-electron chi connectivity index (χ4n) is 3.84. The fraction of sp³-hybridized carbons (Fsp3) is 0.500. The molecule has 4 rings (SSSR count). The van der Waals surface area contributed by atoms with Crippen LogP contribution in [0, 0.1) is 12.8 Å². The summed E-state index contributed by atoms with van der Waals surface area (Å²) in [6.45, 7) is 6.94. The topological polar surface area (TPSA) is 85.8 Å². The molecule has 160 valence electrons. The van der Waals surface area contributed by atoms with E-state index in [1.165, 1.54) is 0 Å². The zero-order valence-corrected chi connectivity index (χ0v) is 17.7. The minimum absolute atomic E-state index is 0.00619. The van der Waals surface area contributed by atoms with Gasteiger partial charge in [-0.3, -0.25) is 4.79 Å². The summed E-state index contributed by atoms with van der Waals surface area (Å²) >= 11 is 0. The van der Waals surface area contributed by atoms with Crippen molar-refractivity contribution in [2.75, 3.05) is 43.6 Å². The average Bonchev–Trinajstić information content (AvgIpc) is 2.74. The van der Waals surface area contributed by atoms with E-state index in [1.807, 2.05) is 32.0 Å². The Bertz CT molecular complexity index is 891. The van der Waals surface area contributed by atoms with Crippen molar-refractivity contribution in [1.82, 2.24) is 9.97 Å². The van der Waals surface area contributed by atoms with Crippen LogP contribution in [0.5, 0.6) is 11.5 Å². The van der Waals surface area contributed by atoms with Crippen molar-refractivity contribution in [3.05, 3.63) is 36.2 Å². The van der Waals surface area contributed by atoms with E-state index in [0.717, 1.165) is 37.2 Å². The van der Waals surface area contributed by atoms with Crippen LogP contribution in [-0.2, 0) is 14.3 Å². The van der Waals surface area contributed by atoms with E-state index < -0.39 is 0 Å². The summed E-state index contributed by atoms with van der Waals surface area (Å²) < 4.78 is 16.7. The molecule has 0 spiro atoms. The lowest BCUT2D eigenvalue weighted by Crippen LogP contribution is -2.47. The molecule has 2 fully saturated rings. The van der Waals surface area contributed by atoms with Gasteiger partial charge in [0.25, 0.3) is 0 Å². The number of nitrogens with zero attached hydrogens (tertiary/aromatic N) is 3. The van der Waals surface area contributed by atoms with E-state index in [-0.39, 0.29) is 17.4 Å². The van der Waals surface area contributed by atoms with Crippen LogP contribution in [0.3, 0.4) is 0 Å². The first-order valence-corrected chi connectivity index (χ1v) is 10.2. The lowest BCUT2D eigenvalue weighted by Gasteiger charge is -2.42. The third-order valence-electron chi connectivity index (χ3n) is 5.80. The number of methoxy groups -OCH3 is 1. The largest absolute Gasteiger partial charge is 0.454 e. The van der Waals surface area contributed by atoms with Crippen LogP contribution in [0.1, 0.15) is 25.3 Å². The second-order valence-corrected chi connectivity index (χ2v) is 8.15. The van der Waals surface area contributed by atoms with Gasteiger partial charge in [-0.2, -0.15) is 0 Å². The molecule has 1 aromatic carbocycles. The Balaban J connectivity index is 1.35. The van der Waals surface area contributed by atoms with Gasteiger partial charge in [0.15, 0.2) is 5.75 Å².